The number of hydrogen-bond acceptors (Lipinski definition) is 7. The Hall–Kier alpha value is -3.50. The third-order valence-corrected chi connectivity index (χ3v) is 7.02. The summed E-state index contributed by atoms with van der Waals surface area (Å²) < 4.78 is 12.1. The number of ether oxygens (including phenoxy) is 2. The van der Waals surface area contributed by atoms with Gasteiger partial charge in [-0.1, -0.05) is 18.2 Å². The van der Waals surface area contributed by atoms with Crippen LogP contribution >= 0.6 is 11.8 Å². The number of H-pyrrole nitrogens is 1. The summed E-state index contributed by atoms with van der Waals surface area (Å²) in [6.07, 6.45) is 6.63. The first-order chi connectivity index (χ1) is 18.0. The number of nitrogens with zero attached hydrogens (tertiary/aromatic N) is 2. The van der Waals surface area contributed by atoms with Crippen LogP contribution < -0.4 is 10.6 Å². The zero-order chi connectivity index (χ0) is 26.4. The van der Waals surface area contributed by atoms with Crippen LogP contribution in [0.25, 0.3) is 21.9 Å². The lowest BCUT2D eigenvalue weighted by molar-refractivity contribution is -0.117. The molecule has 0 aliphatic carbocycles. The van der Waals surface area contributed by atoms with Crippen molar-refractivity contribution in [1.29, 1.82) is 0 Å². The number of fused-ring (bicyclic) bond motifs is 2. The Morgan fingerprint density at radius 3 is 2.78 bits per heavy atom. The van der Waals surface area contributed by atoms with Gasteiger partial charge in [0.25, 0.3) is 0 Å². The molecule has 0 radical (unpaired) electrons. The molecule has 10 heteroatoms. The molecular formula is C27H33N5O4S. The van der Waals surface area contributed by atoms with Gasteiger partial charge in [-0.2, -0.15) is 11.8 Å². The molecule has 0 bridgehead atoms. The third-order valence-electron chi connectivity index (χ3n) is 6.18. The molecule has 0 spiro atoms. The fraction of sp³-hybridized carbons (Fsp3) is 0.370. The van der Waals surface area contributed by atoms with Crippen molar-refractivity contribution in [2.24, 2.45) is 0 Å². The van der Waals surface area contributed by atoms with E-state index in [1.165, 1.54) is 7.11 Å². The lowest BCUT2D eigenvalue weighted by Gasteiger charge is -2.14. The molecule has 37 heavy (non-hydrogen) atoms. The summed E-state index contributed by atoms with van der Waals surface area (Å²) in [4.78, 5) is 33.8. The van der Waals surface area contributed by atoms with Gasteiger partial charge in [0, 0.05) is 47.9 Å². The Kier molecular flexibility index (Phi) is 8.73. The molecule has 4 aromatic rings. The summed E-state index contributed by atoms with van der Waals surface area (Å²) in [5.41, 5.74) is 4.27. The number of nitrogens with one attached hydrogen (secondary N) is 3. The molecule has 3 aromatic heterocycles. The minimum Gasteiger partial charge on any atom is -0.464 e. The van der Waals surface area contributed by atoms with Crippen molar-refractivity contribution in [1.82, 2.24) is 14.5 Å². The molecule has 3 N–H and O–H groups in total. The summed E-state index contributed by atoms with van der Waals surface area (Å²) in [5, 5.41) is 8.19. The number of rotatable bonds is 12. The summed E-state index contributed by atoms with van der Waals surface area (Å²) in [6, 6.07) is 10.3. The van der Waals surface area contributed by atoms with E-state index in [1.807, 2.05) is 35.0 Å². The van der Waals surface area contributed by atoms with Crippen LogP contribution in [-0.2, 0) is 27.2 Å². The van der Waals surface area contributed by atoms with Gasteiger partial charge in [0.1, 0.15) is 5.65 Å². The van der Waals surface area contributed by atoms with Crippen LogP contribution in [0.4, 0.5) is 11.4 Å². The number of esters is 1. The van der Waals surface area contributed by atoms with Crippen molar-refractivity contribution >= 4 is 56.9 Å². The van der Waals surface area contributed by atoms with Crippen LogP contribution in [0, 0.1) is 0 Å². The highest BCUT2D eigenvalue weighted by atomic mass is 32.2. The highest BCUT2D eigenvalue weighted by Crippen LogP contribution is 2.33. The highest BCUT2D eigenvalue weighted by molar-refractivity contribution is 7.98. The number of thioether (sulfide) groups is 1. The van der Waals surface area contributed by atoms with Crippen molar-refractivity contribution in [2.45, 2.75) is 32.4 Å². The smallest absolute Gasteiger partial charge is 0.356 e. The molecule has 0 aliphatic rings. The number of aromatic amines is 1. The Labute approximate surface area is 220 Å². The Bertz CT molecular complexity index is 1400. The number of hydrogen-bond donors (Lipinski definition) is 3. The van der Waals surface area contributed by atoms with Crippen LogP contribution in [0.15, 0.2) is 42.7 Å². The number of aryl methyl sites for hydroxylation is 2. The van der Waals surface area contributed by atoms with Gasteiger partial charge in [-0.3, -0.25) is 4.79 Å². The average molecular weight is 524 g/mol. The summed E-state index contributed by atoms with van der Waals surface area (Å²) >= 11 is 1.75. The van der Waals surface area contributed by atoms with Gasteiger partial charge in [0.15, 0.2) is 5.69 Å². The first-order valence-electron chi connectivity index (χ1n) is 12.2. The van der Waals surface area contributed by atoms with Crippen LogP contribution in [0.1, 0.15) is 29.4 Å². The van der Waals surface area contributed by atoms with E-state index in [-0.39, 0.29) is 30.7 Å². The number of aromatic nitrogens is 3. The topological polar surface area (TPSA) is 110 Å². The first kappa shape index (κ1) is 26.6. The summed E-state index contributed by atoms with van der Waals surface area (Å²) in [5.74, 6) is 0.138. The fourth-order valence-corrected chi connectivity index (χ4v) is 5.08. The van der Waals surface area contributed by atoms with Gasteiger partial charge < -0.3 is 29.7 Å². The number of para-hydroxylation sites is 1. The van der Waals surface area contributed by atoms with Crippen LogP contribution in [0.3, 0.4) is 0 Å². The van der Waals surface area contributed by atoms with Crippen molar-refractivity contribution in [3.8, 4) is 0 Å². The van der Waals surface area contributed by atoms with Gasteiger partial charge in [-0.15, -0.1) is 0 Å². The number of methoxy groups -OCH3 is 2. The van der Waals surface area contributed by atoms with Gasteiger partial charge in [0.2, 0.25) is 5.91 Å². The maximum absolute atomic E-state index is 13.1. The van der Waals surface area contributed by atoms with E-state index in [1.54, 1.807) is 25.1 Å². The number of pyridine rings is 1. The molecule has 0 saturated heterocycles. The fourth-order valence-electron chi connectivity index (χ4n) is 4.50. The number of carbonyl (C=O) groups is 2. The molecule has 0 fully saturated rings. The molecule has 196 valence electrons. The van der Waals surface area contributed by atoms with Crippen molar-refractivity contribution in [2.75, 3.05) is 43.5 Å². The molecule has 1 amide bonds. The van der Waals surface area contributed by atoms with Crippen molar-refractivity contribution < 1.29 is 19.1 Å². The normalized spacial score (nSPS) is 12.1. The maximum Gasteiger partial charge on any atom is 0.356 e. The zero-order valence-corrected chi connectivity index (χ0v) is 22.4. The second-order valence-electron chi connectivity index (χ2n) is 8.86. The molecule has 4 rings (SSSR count). The van der Waals surface area contributed by atoms with E-state index in [4.69, 9.17) is 14.5 Å². The quantitative estimate of drug-likeness (QED) is 0.231. The SMILES string of the molecule is COCCC(=O)Nc1c(C(=O)OC)n(CCc2c[nH]c3ccccc23)c2ncc(NC(C)CSC)cc12. The molecule has 0 aliphatic heterocycles. The number of amides is 1. The van der Waals surface area contributed by atoms with Gasteiger partial charge in [-0.25, -0.2) is 9.78 Å². The summed E-state index contributed by atoms with van der Waals surface area (Å²) in [6.45, 7) is 2.84. The lowest BCUT2D eigenvalue weighted by atomic mass is 10.1. The van der Waals surface area contributed by atoms with E-state index in [0.717, 1.165) is 27.9 Å². The molecule has 1 unspecified atom stereocenters. The molecule has 1 aromatic carbocycles. The number of benzene rings is 1. The second-order valence-corrected chi connectivity index (χ2v) is 9.77. The van der Waals surface area contributed by atoms with E-state index in [0.29, 0.717) is 29.7 Å². The molecule has 3 heterocycles. The largest absolute Gasteiger partial charge is 0.464 e. The zero-order valence-electron chi connectivity index (χ0n) is 21.6. The molecular weight excluding hydrogens is 490 g/mol. The predicted molar refractivity (Wildman–Crippen MR) is 150 cm³/mol. The van der Waals surface area contributed by atoms with E-state index < -0.39 is 5.97 Å². The minimum atomic E-state index is -0.538. The number of carbonyl (C=O) groups excluding carboxylic acids is 2. The van der Waals surface area contributed by atoms with Gasteiger partial charge >= 0.3 is 5.97 Å². The maximum atomic E-state index is 13.1. The molecule has 1 atom stereocenters. The average Bonchev–Trinajstić information content (AvgIpc) is 3.44. The molecule has 9 nitrogen and oxygen atoms in total. The van der Waals surface area contributed by atoms with Crippen LogP contribution in [0.2, 0.25) is 0 Å². The van der Waals surface area contributed by atoms with Gasteiger partial charge in [-0.05, 0) is 37.3 Å². The van der Waals surface area contributed by atoms with E-state index >= 15 is 0 Å². The van der Waals surface area contributed by atoms with E-state index in [2.05, 4.69) is 34.9 Å². The van der Waals surface area contributed by atoms with Gasteiger partial charge in [0.05, 0.1) is 37.7 Å². The monoisotopic (exact) mass is 523 g/mol. The Morgan fingerprint density at radius 1 is 1.22 bits per heavy atom. The lowest BCUT2D eigenvalue weighted by Crippen LogP contribution is -2.18. The van der Waals surface area contributed by atoms with E-state index in [9.17, 15) is 9.59 Å². The highest BCUT2D eigenvalue weighted by Gasteiger charge is 2.26. The Balaban J connectivity index is 1.78. The predicted octanol–water partition coefficient (Wildman–Crippen LogP) is 4.69. The van der Waals surface area contributed by atoms with Crippen molar-refractivity contribution in [3.63, 3.8) is 0 Å². The standard InChI is InChI=1S/C27H33N5O4S/c1-17(16-37-4)30-19-13-21-24(31-23(33)10-12-35-2)25(27(34)36-3)32(26(21)29-15-19)11-9-18-14-28-22-8-6-5-7-20(18)22/h5-8,13-15,17,28,30H,9-12,16H2,1-4H3,(H,31,33). The number of anilines is 2. The van der Waals surface area contributed by atoms with Crippen LogP contribution in [0.5, 0.6) is 0 Å². The third kappa shape index (κ3) is 5.91. The Morgan fingerprint density at radius 2 is 2.03 bits per heavy atom. The van der Waals surface area contributed by atoms with Crippen LogP contribution in [-0.4, -0.2) is 65.3 Å². The summed E-state index contributed by atoms with van der Waals surface area (Å²) in [7, 11) is 2.88. The molecule has 0 saturated carbocycles. The second kappa shape index (κ2) is 12.2. The van der Waals surface area contributed by atoms with Crippen molar-refractivity contribution in [3.05, 3.63) is 54.0 Å². The first-order valence-corrected chi connectivity index (χ1v) is 13.6. The minimum absolute atomic E-state index is 0.162.